The second kappa shape index (κ2) is 5.28. The van der Waals surface area contributed by atoms with Gasteiger partial charge in [-0.05, 0) is 52.9 Å². The Bertz CT molecular complexity index is 189. The van der Waals surface area contributed by atoms with E-state index in [1.54, 1.807) is 0 Å². The molecule has 0 amide bonds. The van der Waals surface area contributed by atoms with Crippen LogP contribution in [0.1, 0.15) is 26.2 Å². The van der Waals surface area contributed by atoms with Crippen LogP contribution in [0.5, 0.6) is 0 Å². The molecule has 2 unspecified atom stereocenters. The van der Waals surface area contributed by atoms with Gasteiger partial charge in [-0.2, -0.15) is 0 Å². The van der Waals surface area contributed by atoms with E-state index < -0.39 is 0 Å². The zero-order valence-corrected chi connectivity index (χ0v) is 10.2. The summed E-state index contributed by atoms with van der Waals surface area (Å²) >= 11 is 0. The number of likely N-dealkylation sites (N-methyl/N-ethyl adjacent to an activating group) is 1. The normalized spacial score (nSPS) is 31.2. The molecule has 0 aliphatic carbocycles. The molecule has 0 aromatic carbocycles. The van der Waals surface area contributed by atoms with Gasteiger partial charge in [0.1, 0.15) is 0 Å². The van der Waals surface area contributed by atoms with Crippen molar-refractivity contribution in [1.82, 2.24) is 15.1 Å². The highest BCUT2D eigenvalue weighted by atomic mass is 15.2. The summed E-state index contributed by atoms with van der Waals surface area (Å²) in [6.45, 7) is 8.82. The Morgan fingerprint density at radius 2 is 2.00 bits per heavy atom. The number of nitrogens with zero attached hydrogens (tertiary/aromatic N) is 2. The van der Waals surface area contributed by atoms with Gasteiger partial charge in [0.05, 0.1) is 0 Å². The first-order valence-electron chi connectivity index (χ1n) is 6.43. The van der Waals surface area contributed by atoms with Crippen LogP contribution in [0.25, 0.3) is 0 Å². The lowest BCUT2D eigenvalue weighted by Gasteiger charge is -2.28. The molecule has 1 N–H and O–H groups in total. The van der Waals surface area contributed by atoms with E-state index in [2.05, 4.69) is 29.1 Å². The van der Waals surface area contributed by atoms with Crippen molar-refractivity contribution in [2.24, 2.45) is 0 Å². The van der Waals surface area contributed by atoms with Crippen LogP contribution in [-0.4, -0.2) is 61.7 Å². The lowest BCUT2D eigenvalue weighted by molar-refractivity contribution is 0.190. The molecule has 2 heterocycles. The SMILES string of the molecule is CNC1CCN(CC(C)N2CCCC2)C1. The van der Waals surface area contributed by atoms with E-state index in [4.69, 9.17) is 0 Å². The molecule has 0 aromatic heterocycles. The van der Waals surface area contributed by atoms with E-state index in [1.807, 2.05) is 0 Å². The van der Waals surface area contributed by atoms with Gasteiger partial charge in [0.2, 0.25) is 0 Å². The van der Waals surface area contributed by atoms with Crippen molar-refractivity contribution < 1.29 is 0 Å². The summed E-state index contributed by atoms with van der Waals surface area (Å²) in [6.07, 6.45) is 4.14. The van der Waals surface area contributed by atoms with E-state index in [0.717, 1.165) is 12.1 Å². The highest BCUT2D eigenvalue weighted by molar-refractivity contribution is 4.83. The van der Waals surface area contributed by atoms with Gasteiger partial charge in [-0.3, -0.25) is 4.90 Å². The Hall–Kier alpha value is -0.120. The molecular formula is C12H25N3. The summed E-state index contributed by atoms with van der Waals surface area (Å²) in [5.41, 5.74) is 0. The smallest absolute Gasteiger partial charge is 0.0204 e. The average molecular weight is 211 g/mol. The van der Waals surface area contributed by atoms with Gasteiger partial charge in [0.25, 0.3) is 0 Å². The van der Waals surface area contributed by atoms with E-state index in [9.17, 15) is 0 Å². The molecule has 2 saturated heterocycles. The van der Waals surface area contributed by atoms with E-state index >= 15 is 0 Å². The van der Waals surface area contributed by atoms with Crippen LogP contribution < -0.4 is 5.32 Å². The molecule has 3 nitrogen and oxygen atoms in total. The lowest BCUT2D eigenvalue weighted by atomic mass is 10.2. The van der Waals surface area contributed by atoms with Crippen molar-refractivity contribution in [1.29, 1.82) is 0 Å². The van der Waals surface area contributed by atoms with Crippen LogP contribution in [0.4, 0.5) is 0 Å². The lowest BCUT2D eigenvalue weighted by Crippen LogP contribution is -2.41. The Labute approximate surface area is 93.8 Å². The molecule has 2 atom stereocenters. The molecule has 0 spiro atoms. The van der Waals surface area contributed by atoms with E-state index in [0.29, 0.717) is 0 Å². The van der Waals surface area contributed by atoms with Crippen LogP contribution in [0, 0.1) is 0 Å². The van der Waals surface area contributed by atoms with Crippen LogP contribution >= 0.6 is 0 Å². The molecule has 2 fully saturated rings. The van der Waals surface area contributed by atoms with Crippen LogP contribution in [-0.2, 0) is 0 Å². The summed E-state index contributed by atoms with van der Waals surface area (Å²) < 4.78 is 0. The maximum absolute atomic E-state index is 3.38. The summed E-state index contributed by atoms with van der Waals surface area (Å²) in [5.74, 6) is 0. The maximum Gasteiger partial charge on any atom is 0.0204 e. The third-order valence-electron chi connectivity index (χ3n) is 3.97. The second-order valence-corrected chi connectivity index (χ2v) is 5.13. The quantitative estimate of drug-likeness (QED) is 0.741. The Balaban J connectivity index is 1.72. The minimum atomic E-state index is 0.732. The first-order chi connectivity index (χ1) is 7.29. The minimum absolute atomic E-state index is 0.732. The average Bonchev–Trinajstić information content (AvgIpc) is 2.87. The van der Waals surface area contributed by atoms with Gasteiger partial charge in [-0.25, -0.2) is 0 Å². The first-order valence-corrected chi connectivity index (χ1v) is 6.43. The predicted molar refractivity (Wildman–Crippen MR) is 64.2 cm³/mol. The molecule has 15 heavy (non-hydrogen) atoms. The van der Waals surface area contributed by atoms with Gasteiger partial charge in [-0.1, -0.05) is 0 Å². The number of nitrogens with one attached hydrogen (secondary N) is 1. The van der Waals surface area contributed by atoms with Gasteiger partial charge < -0.3 is 10.2 Å². The zero-order chi connectivity index (χ0) is 10.7. The number of hydrogen-bond acceptors (Lipinski definition) is 3. The summed E-state index contributed by atoms with van der Waals surface area (Å²) in [5, 5.41) is 3.38. The number of likely N-dealkylation sites (tertiary alicyclic amines) is 2. The highest BCUT2D eigenvalue weighted by Crippen LogP contribution is 2.15. The van der Waals surface area contributed by atoms with Gasteiger partial charge >= 0.3 is 0 Å². The number of rotatable bonds is 4. The topological polar surface area (TPSA) is 18.5 Å². The molecule has 0 radical (unpaired) electrons. The summed E-state index contributed by atoms with van der Waals surface area (Å²) in [4.78, 5) is 5.26. The van der Waals surface area contributed by atoms with Crippen LogP contribution in [0.2, 0.25) is 0 Å². The summed E-state index contributed by atoms with van der Waals surface area (Å²) in [6, 6.07) is 1.49. The fraction of sp³-hybridized carbons (Fsp3) is 1.00. The molecular weight excluding hydrogens is 186 g/mol. The summed E-state index contributed by atoms with van der Waals surface area (Å²) in [7, 11) is 2.08. The van der Waals surface area contributed by atoms with Crippen molar-refractivity contribution in [3.63, 3.8) is 0 Å². The van der Waals surface area contributed by atoms with E-state index in [-0.39, 0.29) is 0 Å². The zero-order valence-electron chi connectivity index (χ0n) is 10.2. The third kappa shape index (κ3) is 2.92. The molecule has 0 saturated carbocycles. The first kappa shape index (κ1) is 11.4. The molecule has 0 aromatic rings. The highest BCUT2D eigenvalue weighted by Gasteiger charge is 2.25. The van der Waals surface area contributed by atoms with Crippen molar-refractivity contribution >= 4 is 0 Å². The van der Waals surface area contributed by atoms with Gasteiger partial charge in [0, 0.05) is 25.2 Å². The molecule has 88 valence electrons. The molecule has 0 bridgehead atoms. The van der Waals surface area contributed by atoms with Crippen molar-refractivity contribution in [3.05, 3.63) is 0 Å². The van der Waals surface area contributed by atoms with Crippen molar-refractivity contribution in [2.45, 2.75) is 38.3 Å². The van der Waals surface area contributed by atoms with Crippen molar-refractivity contribution in [3.8, 4) is 0 Å². The van der Waals surface area contributed by atoms with Gasteiger partial charge in [-0.15, -0.1) is 0 Å². The second-order valence-electron chi connectivity index (χ2n) is 5.13. The van der Waals surface area contributed by atoms with E-state index in [1.165, 1.54) is 52.0 Å². The van der Waals surface area contributed by atoms with Crippen LogP contribution in [0.3, 0.4) is 0 Å². The minimum Gasteiger partial charge on any atom is -0.316 e. The molecule has 2 rings (SSSR count). The third-order valence-corrected chi connectivity index (χ3v) is 3.97. The molecule has 2 aliphatic heterocycles. The monoisotopic (exact) mass is 211 g/mol. The fourth-order valence-electron chi connectivity index (χ4n) is 2.91. The predicted octanol–water partition coefficient (Wildman–Crippen LogP) is 0.764. The Kier molecular flexibility index (Phi) is 4.00. The number of hydrogen-bond donors (Lipinski definition) is 1. The van der Waals surface area contributed by atoms with Crippen molar-refractivity contribution in [2.75, 3.05) is 39.8 Å². The maximum atomic E-state index is 3.38. The fourth-order valence-corrected chi connectivity index (χ4v) is 2.91. The van der Waals surface area contributed by atoms with Crippen LogP contribution in [0.15, 0.2) is 0 Å². The molecule has 2 aliphatic rings. The Morgan fingerprint density at radius 3 is 2.60 bits per heavy atom. The largest absolute Gasteiger partial charge is 0.316 e. The molecule has 3 heteroatoms. The standard InChI is InChI=1S/C12H25N3/c1-11(15-6-3-4-7-15)9-14-8-5-12(10-14)13-2/h11-13H,3-10H2,1-2H3. The Morgan fingerprint density at radius 1 is 1.27 bits per heavy atom. The van der Waals surface area contributed by atoms with Gasteiger partial charge in [0.15, 0.2) is 0 Å².